The first-order valence-electron chi connectivity index (χ1n) is 7.57. The van der Waals surface area contributed by atoms with E-state index in [4.69, 9.17) is 9.47 Å². The predicted octanol–water partition coefficient (Wildman–Crippen LogP) is 3.40. The van der Waals surface area contributed by atoms with Crippen LogP contribution in [0, 0.1) is 6.92 Å². The van der Waals surface area contributed by atoms with Gasteiger partial charge in [0, 0.05) is 11.1 Å². The zero-order valence-corrected chi connectivity index (χ0v) is 14.3. The van der Waals surface area contributed by atoms with Crippen LogP contribution in [0.2, 0.25) is 0 Å². The molecule has 1 amide bonds. The average molecular weight is 327 g/mol. The quantitative estimate of drug-likeness (QED) is 0.826. The number of benzene rings is 2. The summed E-state index contributed by atoms with van der Waals surface area (Å²) >= 11 is 0. The first-order chi connectivity index (χ1) is 11.4. The Hall–Kier alpha value is -2.82. The van der Waals surface area contributed by atoms with Crippen LogP contribution < -0.4 is 14.8 Å². The van der Waals surface area contributed by atoms with Crippen molar-refractivity contribution in [3.05, 3.63) is 53.1 Å². The number of amides is 1. The molecule has 0 saturated carbocycles. The monoisotopic (exact) mass is 327 g/mol. The second-order valence-corrected chi connectivity index (χ2v) is 5.51. The fourth-order valence-electron chi connectivity index (χ4n) is 2.42. The highest BCUT2D eigenvalue weighted by Crippen LogP contribution is 2.26. The maximum Gasteiger partial charge on any atom is 0.229 e. The van der Waals surface area contributed by atoms with Crippen LogP contribution in [-0.2, 0) is 11.2 Å². The molecule has 0 aliphatic carbocycles. The molecule has 5 heteroatoms. The minimum Gasteiger partial charge on any atom is -0.496 e. The van der Waals surface area contributed by atoms with Crippen molar-refractivity contribution in [1.29, 1.82) is 0 Å². The van der Waals surface area contributed by atoms with Crippen molar-refractivity contribution in [2.45, 2.75) is 20.3 Å². The van der Waals surface area contributed by atoms with Crippen LogP contribution in [-0.4, -0.2) is 25.9 Å². The molecule has 0 aliphatic heterocycles. The summed E-state index contributed by atoms with van der Waals surface area (Å²) in [6, 6.07) is 10.6. The summed E-state index contributed by atoms with van der Waals surface area (Å²) in [7, 11) is 3.09. The molecule has 0 bridgehead atoms. The molecule has 0 spiro atoms. The lowest BCUT2D eigenvalue weighted by Crippen LogP contribution is -2.16. The minimum atomic E-state index is -0.210. The molecule has 126 valence electrons. The van der Waals surface area contributed by atoms with Crippen molar-refractivity contribution in [3.63, 3.8) is 0 Å². The Balaban J connectivity index is 2.22. The SMILES string of the molecule is COc1ccc(C(C)=O)cc1CC(=O)Nc1cc(C)ccc1OC. The highest BCUT2D eigenvalue weighted by molar-refractivity contribution is 5.96. The Morgan fingerprint density at radius 2 is 1.67 bits per heavy atom. The number of ether oxygens (including phenoxy) is 2. The fraction of sp³-hybridized carbons (Fsp3) is 0.263. The van der Waals surface area contributed by atoms with Gasteiger partial charge in [-0.2, -0.15) is 0 Å². The van der Waals surface area contributed by atoms with E-state index in [2.05, 4.69) is 5.32 Å². The van der Waals surface area contributed by atoms with E-state index in [-0.39, 0.29) is 18.1 Å². The number of Topliss-reactive ketones (excluding diaryl/α,β-unsaturated/α-hetero) is 1. The second-order valence-electron chi connectivity index (χ2n) is 5.51. The standard InChI is InChI=1S/C19H21NO4/c1-12-5-7-18(24-4)16(9-12)20-19(22)11-15-10-14(13(2)21)6-8-17(15)23-3/h5-10H,11H2,1-4H3,(H,20,22). The predicted molar refractivity (Wildman–Crippen MR) is 93.1 cm³/mol. The summed E-state index contributed by atoms with van der Waals surface area (Å²) in [5.74, 6) is 0.905. The van der Waals surface area contributed by atoms with Gasteiger partial charge in [0.25, 0.3) is 0 Å². The van der Waals surface area contributed by atoms with Gasteiger partial charge in [-0.15, -0.1) is 0 Å². The molecule has 2 rings (SSSR count). The minimum absolute atomic E-state index is 0.0559. The molecular weight excluding hydrogens is 306 g/mol. The number of hydrogen-bond donors (Lipinski definition) is 1. The molecular formula is C19H21NO4. The zero-order valence-electron chi connectivity index (χ0n) is 14.3. The molecule has 0 saturated heterocycles. The van der Waals surface area contributed by atoms with Crippen molar-refractivity contribution < 1.29 is 19.1 Å². The summed E-state index contributed by atoms with van der Waals surface area (Å²) in [6.07, 6.45) is 0.0986. The molecule has 2 aromatic carbocycles. The third kappa shape index (κ3) is 4.13. The third-order valence-corrected chi connectivity index (χ3v) is 3.67. The van der Waals surface area contributed by atoms with Crippen LogP contribution in [0.4, 0.5) is 5.69 Å². The van der Waals surface area contributed by atoms with Gasteiger partial charge in [-0.3, -0.25) is 9.59 Å². The number of nitrogens with one attached hydrogen (secondary N) is 1. The van der Waals surface area contributed by atoms with E-state index in [0.717, 1.165) is 5.56 Å². The van der Waals surface area contributed by atoms with E-state index in [0.29, 0.717) is 28.3 Å². The highest BCUT2D eigenvalue weighted by Gasteiger charge is 2.13. The third-order valence-electron chi connectivity index (χ3n) is 3.67. The maximum absolute atomic E-state index is 12.4. The molecule has 0 unspecified atom stereocenters. The van der Waals surface area contributed by atoms with E-state index in [1.54, 1.807) is 25.3 Å². The number of anilines is 1. The van der Waals surface area contributed by atoms with Gasteiger partial charge in [-0.05, 0) is 49.7 Å². The zero-order chi connectivity index (χ0) is 17.7. The van der Waals surface area contributed by atoms with Crippen molar-refractivity contribution in [2.75, 3.05) is 19.5 Å². The van der Waals surface area contributed by atoms with Crippen LogP contribution in [0.3, 0.4) is 0 Å². The largest absolute Gasteiger partial charge is 0.496 e. The molecule has 0 aromatic heterocycles. The molecule has 1 N–H and O–H groups in total. The highest BCUT2D eigenvalue weighted by atomic mass is 16.5. The Morgan fingerprint density at radius 3 is 2.29 bits per heavy atom. The lowest BCUT2D eigenvalue weighted by molar-refractivity contribution is -0.115. The van der Waals surface area contributed by atoms with Crippen molar-refractivity contribution >= 4 is 17.4 Å². The molecule has 0 atom stereocenters. The summed E-state index contributed by atoms with van der Waals surface area (Å²) in [6.45, 7) is 3.43. The molecule has 5 nitrogen and oxygen atoms in total. The van der Waals surface area contributed by atoms with E-state index in [1.807, 2.05) is 25.1 Å². The molecule has 2 aromatic rings. The number of methoxy groups -OCH3 is 2. The number of ketones is 1. The van der Waals surface area contributed by atoms with Gasteiger partial charge in [0.05, 0.1) is 26.3 Å². The summed E-state index contributed by atoms with van der Waals surface area (Å²) in [5, 5.41) is 2.85. The van der Waals surface area contributed by atoms with E-state index < -0.39 is 0 Å². The van der Waals surface area contributed by atoms with Gasteiger partial charge in [0.2, 0.25) is 5.91 Å². The summed E-state index contributed by atoms with van der Waals surface area (Å²) in [4.78, 5) is 23.9. The average Bonchev–Trinajstić information content (AvgIpc) is 2.54. The smallest absolute Gasteiger partial charge is 0.229 e. The van der Waals surface area contributed by atoms with Gasteiger partial charge < -0.3 is 14.8 Å². The molecule has 24 heavy (non-hydrogen) atoms. The van der Waals surface area contributed by atoms with Crippen molar-refractivity contribution in [3.8, 4) is 11.5 Å². The fourth-order valence-corrected chi connectivity index (χ4v) is 2.42. The topological polar surface area (TPSA) is 64.6 Å². The van der Waals surface area contributed by atoms with Crippen LogP contribution >= 0.6 is 0 Å². The first-order valence-corrected chi connectivity index (χ1v) is 7.57. The summed E-state index contributed by atoms with van der Waals surface area (Å²) < 4.78 is 10.5. The van der Waals surface area contributed by atoms with E-state index >= 15 is 0 Å². The summed E-state index contributed by atoms with van der Waals surface area (Å²) in [5.41, 5.74) is 2.84. The number of aryl methyl sites for hydroxylation is 1. The van der Waals surface area contributed by atoms with Crippen LogP contribution in [0.15, 0.2) is 36.4 Å². The van der Waals surface area contributed by atoms with Gasteiger partial charge in [0.1, 0.15) is 11.5 Å². The molecule has 0 aliphatic rings. The number of carbonyl (C=O) groups is 2. The van der Waals surface area contributed by atoms with E-state index in [1.165, 1.54) is 14.0 Å². The Kier molecular flexibility index (Phi) is 5.58. The van der Waals surface area contributed by atoms with Gasteiger partial charge in [-0.25, -0.2) is 0 Å². The van der Waals surface area contributed by atoms with Crippen LogP contribution in [0.5, 0.6) is 11.5 Å². The second kappa shape index (κ2) is 7.64. The molecule has 0 fully saturated rings. The molecule has 0 radical (unpaired) electrons. The number of rotatable bonds is 6. The van der Waals surface area contributed by atoms with Crippen molar-refractivity contribution in [1.82, 2.24) is 0 Å². The Morgan fingerprint density at radius 1 is 1.00 bits per heavy atom. The lowest BCUT2D eigenvalue weighted by atomic mass is 10.0. The van der Waals surface area contributed by atoms with Crippen molar-refractivity contribution in [2.24, 2.45) is 0 Å². The van der Waals surface area contributed by atoms with Crippen LogP contribution in [0.1, 0.15) is 28.4 Å². The van der Waals surface area contributed by atoms with E-state index in [9.17, 15) is 9.59 Å². The Bertz CT molecular complexity index is 768. The number of carbonyl (C=O) groups excluding carboxylic acids is 2. The Labute approximate surface area is 141 Å². The normalized spacial score (nSPS) is 10.2. The lowest BCUT2D eigenvalue weighted by Gasteiger charge is -2.13. The van der Waals surface area contributed by atoms with Crippen LogP contribution in [0.25, 0.3) is 0 Å². The first kappa shape index (κ1) is 17.5. The van der Waals surface area contributed by atoms with Gasteiger partial charge >= 0.3 is 0 Å². The molecule has 0 heterocycles. The van der Waals surface area contributed by atoms with Gasteiger partial charge in [0.15, 0.2) is 5.78 Å². The maximum atomic E-state index is 12.4. The van der Waals surface area contributed by atoms with Gasteiger partial charge in [-0.1, -0.05) is 6.07 Å². The number of hydrogen-bond acceptors (Lipinski definition) is 4.